The van der Waals surface area contributed by atoms with Gasteiger partial charge in [-0.3, -0.25) is 0 Å². The SMILES string of the molecule is c1ccc2c(c1)Cc1c-2cccc1N(c1ccc(-c2ccc(N(c3cccc4c3Cc3ccccc3-4)c3cc4ccccc4c4ccccc34)cc2)cc1)c1cc2ccccc2c2ccccc12. The van der Waals surface area contributed by atoms with Gasteiger partial charge in [-0.05, 0) is 136 Å². The Bertz CT molecular complexity index is 3710. The van der Waals surface area contributed by atoms with Crippen molar-refractivity contribution in [3.05, 3.63) is 265 Å². The zero-order valence-electron chi connectivity index (χ0n) is 37.4. The van der Waals surface area contributed by atoms with Crippen LogP contribution in [0.5, 0.6) is 0 Å². The van der Waals surface area contributed by atoms with E-state index in [4.69, 9.17) is 0 Å². The van der Waals surface area contributed by atoms with Gasteiger partial charge >= 0.3 is 0 Å². The molecule has 0 fully saturated rings. The number of fused-ring (bicyclic) bond motifs is 12. The molecule has 0 saturated heterocycles. The number of hydrogen-bond donors (Lipinski definition) is 0. The van der Waals surface area contributed by atoms with E-state index < -0.39 is 0 Å². The summed E-state index contributed by atoms with van der Waals surface area (Å²) < 4.78 is 0. The van der Waals surface area contributed by atoms with Crippen LogP contribution in [0.3, 0.4) is 0 Å². The van der Waals surface area contributed by atoms with Crippen LogP contribution in [-0.2, 0) is 12.8 Å². The van der Waals surface area contributed by atoms with Gasteiger partial charge < -0.3 is 9.80 Å². The third kappa shape index (κ3) is 6.04. The number of hydrogen-bond acceptors (Lipinski definition) is 2. The van der Waals surface area contributed by atoms with Crippen molar-refractivity contribution in [1.82, 2.24) is 0 Å². The van der Waals surface area contributed by atoms with E-state index in [1.807, 2.05) is 0 Å². The second kappa shape index (κ2) is 15.4. The first-order valence-electron chi connectivity index (χ1n) is 23.8. The Morgan fingerprint density at radius 2 is 0.603 bits per heavy atom. The Balaban J connectivity index is 0.898. The fourth-order valence-corrected chi connectivity index (χ4v) is 11.6. The van der Waals surface area contributed by atoms with Gasteiger partial charge in [-0.25, -0.2) is 0 Å². The molecular formula is C66H44N2. The summed E-state index contributed by atoms with van der Waals surface area (Å²) in [6.45, 7) is 0. The predicted octanol–water partition coefficient (Wildman–Crippen LogP) is 18.0. The first-order valence-corrected chi connectivity index (χ1v) is 23.8. The van der Waals surface area contributed by atoms with E-state index in [1.165, 1.54) is 121 Å². The lowest BCUT2D eigenvalue weighted by Gasteiger charge is -2.30. The highest BCUT2D eigenvalue weighted by molar-refractivity contribution is 6.16. The molecule has 2 heteroatoms. The van der Waals surface area contributed by atoms with Gasteiger partial charge in [0.1, 0.15) is 0 Å². The van der Waals surface area contributed by atoms with Crippen LogP contribution in [-0.4, -0.2) is 0 Å². The zero-order valence-corrected chi connectivity index (χ0v) is 37.4. The molecule has 0 amide bonds. The Morgan fingerprint density at radius 1 is 0.250 bits per heavy atom. The molecule has 0 radical (unpaired) electrons. The van der Waals surface area contributed by atoms with E-state index >= 15 is 0 Å². The maximum atomic E-state index is 2.51. The number of anilines is 6. The molecule has 0 bridgehead atoms. The molecule has 12 aromatic carbocycles. The van der Waals surface area contributed by atoms with Gasteiger partial charge in [-0.2, -0.15) is 0 Å². The smallest absolute Gasteiger partial charge is 0.0546 e. The van der Waals surface area contributed by atoms with Crippen LogP contribution in [0.25, 0.3) is 76.5 Å². The lowest BCUT2D eigenvalue weighted by molar-refractivity contribution is 1.20. The summed E-state index contributed by atoms with van der Waals surface area (Å²) >= 11 is 0. The van der Waals surface area contributed by atoms with Crippen LogP contribution in [0, 0.1) is 0 Å². The normalized spacial score (nSPS) is 12.3. The lowest BCUT2D eigenvalue weighted by atomic mass is 9.97. The van der Waals surface area contributed by atoms with Crippen molar-refractivity contribution in [3.63, 3.8) is 0 Å². The van der Waals surface area contributed by atoms with Gasteiger partial charge in [0.15, 0.2) is 0 Å². The van der Waals surface area contributed by atoms with Crippen LogP contribution in [0.2, 0.25) is 0 Å². The molecule has 0 aromatic heterocycles. The number of benzene rings is 12. The van der Waals surface area contributed by atoms with Crippen molar-refractivity contribution >= 4 is 77.2 Å². The molecule has 68 heavy (non-hydrogen) atoms. The standard InChI is InChI=1S/C66H44N2/c1-5-19-51-45(15-1)39-61-57(51)27-13-29-63(61)67(65-41-47-17-3-7-21-53(47)55-23-9-11-25-59(55)65)49-35-31-43(32-36-49)44-33-37-50(38-34-44)68(64-30-14-28-58-52-20-6-2-16-46(52)40-62(58)64)66-42-48-18-4-8-22-54(48)56-24-10-12-26-60(56)66/h1-38,41-42H,39-40H2. The largest absolute Gasteiger partial charge is 0.310 e. The maximum absolute atomic E-state index is 2.51. The zero-order chi connectivity index (χ0) is 44.7. The van der Waals surface area contributed by atoms with Crippen LogP contribution in [0.4, 0.5) is 34.1 Å². The van der Waals surface area contributed by atoms with Crippen LogP contribution in [0.1, 0.15) is 22.3 Å². The highest BCUT2D eigenvalue weighted by Crippen LogP contribution is 2.50. The molecule has 2 aliphatic carbocycles. The third-order valence-corrected chi connectivity index (χ3v) is 14.7. The van der Waals surface area contributed by atoms with Gasteiger partial charge in [0.25, 0.3) is 0 Å². The monoisotopic (exact) mass is 864 g/mol. The van der Waals surface area contributed by atoms with Crippen molar-refractivity contribution in [2.75, 3.05) is 9.80 Å². The fourth-order valence-electron chi connectivity index (χ4n) is 11.6. The molecule has 2 nitrogen and oxygen atoms in total. The minimum atomic E-state index is 0.902. The summed E-state index contributed by atoms with van der Waals surface area (Å²) in [5.74, 6) is 0. The molecule has 0 N–H and O–H groups in total. The Labute approximate surface area is 396 Å². The first kappa shape index (κ1) is 38.5. The molecule has 12 aromatic rings. The Morgan fingerprint density at radius 3 is 1.04 bits per heavy atom. The second-order valence-corrected chi connectivity index (χ2v) is 18.4. The highest BCUT2D eigenvalue weighted by Gasteiger charge is 2.28. The van der Waals surface area contributed by atoms with E-state index in [1.54, 1.807) is 0 Å². The molecular weight excluding hydrogens is 821 g/mol. The van der Waals surface area contributed by atoms with E-state index in [-0.39, 0.29) is 0 Å². The topological polar surface area (TPSA) is 6.48 Å². The summed E-state index contributed by atoms with van der Waals surface area (Å²) in [6, 6.07) is 90.0. The van der Waals surface area contributed by atoms with E-state index in [0.717, 1.165) is 24.2 Å². The average Bonchev–Trinajstić information content (AvgIpc) is 3.99. The molecule has 0 unspecified atom stereocenters. The van der Waals surface area contributed by atoms with Crippen LogP contribution >= 0.6 is 0 Å². The second-order valence-electron chi connectivity index (χ2n) is 18.4. The van der Waals surface area contributed by atoms with Crippen LogP contribution < -0.4 is 9.80 Å². The van der Waals surface area contributed by atoms with Gasteiger partial charge in [-0.15, -0.1) is 0 Å². The van der Waals surface area contributed by atoms with Crippen molar-refractivity contribution in [1.29, 1.82) is 0 Å². The van der Waals surface area contributed by atoms with Crippen molar-refractivity contribution in [3.8, 4) is 33.4 Å². The average molecular weight is 865 g/mol. The van der Waals surface area contributed by atoms with Crippen LogP contribution in [0.15, 0.2) is 243 Å². The summed E-state index contributed by atoms with van der Waals surface area (Å²) in [7, 11) is 0. The first-order chi connectivity index (χ1) is 33.7. The molecule has 0 saturated carbocycles. The third-order valence-electron chi connectivity index (χ3n) is 14.7. The molecule has 318 valence electrons. The van der Waals surface area contributed by atoms with Crippen molar-refractivity contribution in [2.45, 2.75) is 12.8 Å². The van der Waals surface area contributed by atoms with E-state index in [0.29, 0.717) is 0 Å². The number of nitrogens with zero attached hydrogens (tertiary/aromatic N) is 2. The summed E-state index contributed by atoms with van der Waals surface area (Å²) in [5, 5.41) is 9.98. The van der Waals surface area contributed by atoms with Gasteiger partial charge in [0.2, 0.25) is 0 Å². The highest BCUT2D eigenvalue weighted by atomic mass is 15.2. The number of rotatable bonds is 7. The lowest BCUT2D eigenvalue weighted by Crippen LogP contribution is -2.13. The molecule has 0 aliphatic heterocycles. The van der Waals surface area contributed by atoms with Gasteiger partial charge in [-0.1, -0.05) is 194 Å². The van der Waals surface area contributed by atoms with Crippen molar-refractivity contribution < 1.29 is 0 Å². The molecule has 0 heterocycles. The summed E-state index contributed by atoms with van der Waals surface area (Å²) in [5.41, 5.74) is 20.2. The maximum Gasteiger partial charge on any atom is 0.0546 e. The summed E-state index contributed by atoms with van der Waals surface area (Å²) in [6.07, 6.45) is 1.80. The quantitative estimate of drug-likeness (QED) is 0.147. The Kier molecular flexibility index (Phi) is 8.75. The minimum absolute atomic E-state index is 0.902. The van der Waals surface area contributed by atoms with Crippen molar-refractivity contribution in [2.24, 2.45) is 0 Å². The molecule has 2 aliphatic rings. The molecule has 0 spiro atoms. The van der Waals surface area contributed by atoms with Gasteiger partial charge in [0.05, 0.1) is 22.7 Å². The predicted molar refractivity (Wildman–Crippen MR) is 288 cm³/mol. The van der Waals surface area contributed by atoms with Gasteiger partial charge in [0, 0.05) is 35.0 Å². The summed E-state index contributed by atoms with van der Waals surface area (Å²) in [4.78, 5) is 5.02. The van der Waals surface area contributed by atoms with E-state index in [9.17, 15) is 0 Å². The molecule has 14 rings (SSSR count). The van der Waals surface area contributed by atoms with E-state index in [2.05, 4.69) is 252 Å². The Hall–Kier alpha value is -8.72. The fraction of sp³-hybridized carbons (Fsp3) is 0.0303. The minimum Gasteiger partial charge on any atom is -0.310 e. The molecule has 0 atom stereocenters.